The maximum Gasteiger partial charge on any atom is 0.0961 e. The minimum atomic E-state index is 0.373. The number of nitrogens with zero attached hydrogens (tertiary/aromatic N) is 1. The van der Waals surface area contributed by atoms with Gasteiger partial charge in [0.15, 0.2) is 0 Å². The van der Waals surface area contributed by atoms with Crippen LogP contribution in [-0.2, 0) is 11.2 Å². The first kappa shape index (κ1) is 13.3. The number of hydrogen-bond donors (Lipinski definition) is 0. The fourth-order valence-corrected chi connectivity index (χ4v) is 3.93. The van der Waals surface area contributed by atoms with Gasteiger partial charge in [0.2, 0.25) is 0 Å². The van der Waals surface area contributed by atoms with Gasteiger partial charge in [-0.25, -0.2) is 4.98 Å². The first-order chi connectivity index (χ1) is 9.24. The van der Waals surface area contributed by atoms with Crippen molar-refractivity contribution in [3.8, 4) is 11.3 Å². The van der Waals surface area contributed by atoms with E-state index in [9.17, 15) is 0 Å². The largest absolute Gasteiger partial charge is 0.378 e. The molecule has 2 aromatic rings. The molecule has 2 heterocycles. The van der Waals surface area contributed by atoms with Crippen molar-refractivity contribution in [2.45, 2.75) is 32.3 Å². The first-order valence-corrected chi connectivity index (χ1v) is 8.18. The highest BCUT2D eigenvalue weighted by molar-refractivity contribution is 9.10. The molecule has 2 nitrogen and oxygen atoms in total. The molecule has 1 saturated heterocycles. The molecule has 1 aromatic carbocycles. The van der Waals surface area contributed by atoms with Crippen LogP contribution in [0.25, 0.3) is 11.3 Å². The van der Waals surface area contributed by atoms with Crippen LogP contribution in [0.2, 0.25) is 0 Å². The lowest BCUT2D eigenvalue weighted by Crippen LogP contribution is -2.08. The van der Waals surface area contributed by atoms with Gasteiger partial charge in [0.25, 0.3) is 0 Å². The van der Waals surface area contributed by atoms with E-state index >= 15 is 0 Å². The predicted octanol–water partition coefficient (Wildman–Crippen LogP) is 4.60. The molecule has 1 atom stereocenters. The smallest absolute Gasteiger partial charge is 0.0961 e. The second-order valence-electron chi connectivity index (χ2n) is 4.83. The number of hydrogen-bond acceptors (Lipinski definition) is 3. The van der Waals surface area contributed by atoms with Crippen LogP contribution in [0.5, 0.6) is 0 Å². The minimum absolute atomic E-state index is 0.373. The van der Waals surface area contributed by atoms with Crippen molar-refractivity contribution in [1.82, 2.24) is 4.98 Å². The molecule has 3 rings (SSSR count). The lowest BCUT2D eigenvalue weighted by Gasteiger charge is -2.05. The predicted molar refractivity (Wildman–Crippen MR) is 82.7 cm³/mol. The van der Waals surface area contributed by atoms with Gasteiger partial charge in [-0.05, 0) is 25.8 Å². The summed E-state index contributed by atoms with van der Waals surface area (Å²) in [5.41, 5.74) is 2.28. The van der Waals surface area contributed by atoms with Crippen molar-refractivity contribution in [2.24, 2.45) is 0 Å². The number of benzene rings is 1. The average Bonchev–Trinajstić information content (AvgIpc) is 3.01. The third-order valence-corrected chi connectivity index (χ3v) is 5.08. The Bertz CT molecular complexity index is 575. The van der Waals surface area contributed by atoms with E-state index in [1.165, 1.54) is 28.3 Å². The van der Waals surface area contributed by atoms with Crippen molar-refractivity contribution >= 4 is 27.3 Å². The maximum atomic E-state index is 5.69. The van der Waals surface area contributed by atoms with Gasteiger partial charge >= 0.3 is 0 Å². The molecular formula is C15H16BrNOS. The molecule has 1 unspecified atom stereocenters. The molecule has 0 aliphatic carbocycles. The molecule has 19 heavy (non-hydrogen) atoms. The van der Waals surface area contributed by atoms with Gasteiger partial charge in [-0.2, -0.15) is 0 Å². The fourth-order valence-electron chi connectivity index (χ4n) is 2.44. The van der Waals surface area contributed by atoms with Crippen molar-refractivity contribution in [3.63, 3.8) is 0 Å². The highest BCUT2D eigenvalue weighted by atomic mass is 79.9. The molecule has 0 saturated carbocycles. The van der Waals surface area contributed by atoms with Crippen LogP contribution in [0.3, 0.4) is 0 Å². The summed E-state index contributed by atoms with van der Waals surface area (Å²) in [6.45, 7) is 3.05. The van der Waals surface area contributed by atoms with E-state index in [1.807, 2.05) is 6.07 Å². The standard InChI is InChI=1S/C15H16BrNOS/c1-10-15(12-6-2-3-7-13(12)16)17-14(19-10)9-11-5-4-8-18-11/h2-3,6-7,11H,4-5,8-9H2,1H3. The van der Waals surface area contributed by atoms with Crippen LogP contribution in [0, 0.1) is 6.92 Å². The summed E-state index contributed by atoms with van der Waals surface area (Å²) in [4.78, 5) is 6.09. The average molecular weight is 338 g/mol. The molecule has 100 valence electrons. The molecule has 0 bridgehead atoms. The van der Waals surface area contributed by atoms with E-state index in [0.29, 0.717) is 6.10 Å². The van der Waals surface area contributed by atoms with Crippen LogP contribution in [0.1, 0.15) is 22.7 Å². The lowest BCUT2D eigenvalue weighted by molar-refractivity contribution is 0.111. The van der Waals surface area contributed by atoms with Crippen molar-refractivity contribution in [1.29, 1.82) is 0 Å². The molecule has 1 fully saturated rings. The molecule has 1 aromatic heterocycles. The summed E-state index contributed by atoms with van der Waals surface area (Å²) in [6.07, 6.45) is 3.68. The number of halogens is 1. The zero-order valence-electron chi connectivity index (χ0n) is 10.9. The minimum Gasteiger partial charge on any atom is -0.378 e. The maximum absolute atomic E-state index is 5.69. The molecule has 0 radical (unpaired) electrons. The van der Waals surface area contributed by atoms with Gasteiger partial charge in [-0.15, -0.1) is 11.3 Å². The second kappa shape index (κ2) is 5.73. The van der Waals surface area contributed by atoms with Gasteiger partial charge in [-0.1, -0.05) is 34.1 Å². The molecule has 0 spiro atoms. The van der Waals surface area contributed by atoms with Gasteiger partial charge in [-0.3, -0.25) is 0 Å². The normalized spacial score (nSPS) is 18.9. The molecule has 4 heteroatoms. The summed E-state index contributed by atoms with van der Waals surface area (Å²) in [7, 11) is 0. The molecule has 1 aliphatic heterocycles. The number of ether oxygens (including phenoxy) is 1. The lowest BCUT2D eigenvalue weighted by atomic mass is 10.1. The Morgan fingerprint density at radius 3 is 3.00 bits per heavy atom. The van der Waals surface area contributed by atoms with E-state index in [-0.39, 0.29) is 0 Å². The third kappa shape index (κ3) is 2.91. The SMILES string of the molecule is Cc1sc(CC2CCCO2)nc1-c1ccccc1Br. The number of aryl methyl sites for hydroxylation is 1. The number of thiazole rings is 1. The Balaban J connectivity index is 1.87. The van der Waals surface area contributed by atoms with Crippen LogP contribution < -0.4 is 0 Å². The summed E-state index contributed by atoms with van der Waals surface area (Å²) >= 11 is 5.40. The van der Waals surface area contributed by atoms with Crippen LogP contribution >= 0.6 is 27.3 Å². The zero-order chi connectivity index (χ0) is 13.2. The quantitative estimate of drug-likeness (QED) is 0.816. The van der Waals surface area contributed by atoms with Crippen molar-refractivity contribution < 1.29 is 4.74 Å². The van der Waals surface area contributed by atoms with E-state index < -0.39 is 0 Å². The number of rotatable bonds is 3. The Morgan fingerprint density at radius 2 is 2.26 bits per heavy atom. The van der Waals surface area contributed by atoms with Crippen molar-refractivity contribution in [2.75, 3.05) is 6.61 Å². The monoisotopic (exact) mass is 337 g/mol. The zero-order valence-corrected chi connectivity index (χ0v) is 13.3. The Labute approximate surface area is 126 Å². The Morgan fingerprint density at radius 1 is 1.42 bits per heavy atom. The molecular weight excluding hydrogens is 322 g/mol. The Hall–Kier alpha value is -0.710. The van der Waals surface area contributed by atoms with E-state index in [2.05, 4.69) is 41.1 Å². The summed E-state index contributed by atoms with van der Waals surface area (Å²) in [6, 6.07) is 8.26. The van der Waals surface area contributed by atoms with E-state index in [4.69, 9.17) is 9.72 Å². The van der Waals surface area contributed by atoms with E-state index in [0.717, 1.165) is 23.2 Å². The highest BCUT2D eigenvalue weighted by Crippen LogP contribution is 2.33. The third-order valence-electron chi connectivity index (χ3n) is 3.40. The van der Waals surface area contributed by atoms with Gasteiger partial charge in [0.1, 0.15) is 0 Å². The van der Waals surface area contributed by atoms with Gasteiger partial charge in [0.05, 0.1) is 16.8 Å². The summed E-state index contributed by atoms with van der Waals surface area (Å²) < 4.78 is 6.80. The first-order valence-electron chi connectivity index (χ1n) is 6.57. The summed E-state index contributed by atoms with van der Waals surface area (Å²) in [5, 5.41) is 1.19. The van der Waals surface area contributed by atoms with Crippen molar-refractivity contribution in [3.05, 3.63) is 38.6 Å². The van der Waals surface area contributed by atoms with Crippen LogP contribution in [0.15, 0.2) is 28.7 Å². The van der Waals surface area contributed by atoms with Crippen LogP contribution in [-0.4, -0.2) is 17.7 Å². The Kier molecular flexibility index (Phi) is 4.01. The number of aromatic nitrogens is 1. The molecule has 0 amide bonds. The van der Waals surface area contributed by atoms with E-state index in [1.54, 1.807) is 11.3 Å². The second-order valence-corrected chi connectivity index (χ2v) is 6.97. The molecule has 0 N–H and O–H groups in total. The van der Waals surface area contributed by atoms with Gasteiger partial charge in [0, 0.05) is 27.9 Å². The molecule has 1 aliphatic rings. The fraction of sp³-hybridized carbons (Fsp3) is 0.400. The van der Waals surface area contributed by atoms with Crippen LogP contribution in [0.4, 0.5) is 0 Å². The van der Waals surface area contributed by atoms with Gasteiger partial charge < -0.3 is 4.74 Å². The topological polar surface area (TPSA) is 22.1 Å². The summed E-state index contributed by atoms with van der Waals surface area (Å²) in [5.74, 6) is 0. The highest BCUT2D eigenvalue weighted by Gasteiger charge is 2.19.